The fraction of sp³-hybridized carbons (Fsp3) is 0.706. The van der Waals surface area contributed by atoms with Crippen molar-refractivity contribution in [2.75, 3.05) is 57.3 Å². The van der Waals surface area contributed by atoms with E-state index in [0.717, 1.165) is 18.9 Å². The van der Waals surface area contributed by atoms with Gasteiger partial charge in [-0.25, -0.2) is 4.98 Å². The molecule has 1 aromatic rings. The summed E-state index contributed by atoms with van der Waals surface area (Å²) in [4.78, 5) is 12.1. The van der Waals surface area contributed by atoms with Crippen LogP contribution in [-0.4, -0.2) is 67.1 Å². The maximum absolute atomic E-state index is 4.45. The maximum atomic E-state index is 4.45. The topological polar surface area (TPSA) is 22.6 Å². The fourth-order valence-corrected chi connectivity index (χ4v) is 3.44. The summed E-state index contributed by atoms with van der Waals surface area (Å²) in [5.74, 6) is 1.13. The second-order valence-corrected chi connectivity index (χ2v) is 6.27. The quantitative estimate of drug-likeness (QED) is 0.760. The van der Waals surface area contributed by atoms with Crippen molar-refractivity contribution in [3.8, 4) is 0 Å². The Bertz CT molecular complexity index is 408. The van der Waals surface area contributed by atoms with Gasteiger partial charge in [-0.1, -0.05) is 12.5 Å². The molecule has 0 radical (unpaired) electrons. The summed E-state index contributed by atoms with van der Waals surface area (Å²) in [6.45, 7) is 9.78. The summed E-state index contributed by atoms with van der Waals surface area (Å²) in [6.07, 6.45) is 7.46. The summed E-state index contributed by atoms with van der Waals surface area (Å²) in [5.41, 5.74) is 0. The van der Waals surface area contributed by atoms with E-state index in [1.807, 2.05) is 12.3 Å². The lowest BCUT2D eigenvalue weighted by molar-refractivity contribution is 0.198. The Labute approximate surface area is 165 Å². The average Bonchev–Trinajstić information content (AvgIpc) is 2.57. The van der Waals surface area contributed by atoms with E-state index in [1.54, 1.807) is 0 Å². The molecule has 140 valence electrons. The Balaban J connectivity index is 0.00000176. The van der Waals surface area contributed by atoms with E-state index in [4.69, 9.17) is 0 Å². The standard InChI is InChI=1S/C17H28N4.3ClH/c1-4-9-19(10-5-1)11-6-12-20-13-15-21(16-14-20)17-7-2-3-8-18-17;;;/h2-3,7-8H,1,4-6,9-16H2;3*1H. The van der Waals surface area contributed by atoms with Crippen molar-refractivity contribution in [1.82, 2.24) is 14.8 Å². The Morgan fingerprint density at radius 2 is 1.38 bits per heavy atom. The average molecular weight is 398 g/mol. The minimum atomic E-state index is 0. The Kier molecular flexibility index (Phi) is 12.9. The lowest BCUT2D eigenvalue weighted by Gasteiger charge is -2.36. The molecule has 0 bridgehead atoms. The van der Waals surface area contributed by atoms with Crippen LogP contribution in [0.15, 0.2) is 24.4 Å². The summed E-state index contributed by atoms with van der Waals surface area (Å²) in [5, 5.41) is 0. The number of anilines is 1. The second kappa shape index (κ2) is 13.0. The maximum Gasteiger partial charge on any atom is 0.128 e. The lowest BCUT2D eigenvalue weighted by atomic mass is 10.1. The first-order valence-electron chi connectivity index (χ1n) is 8.52. The first kappa shape index (κ1) is 23.7. The number of likely N-dealkylation sites (tertiary alicyclic amines) is 1. The van der Waals surface area contributed by atoms with Gasteiger partial charge in [0.2, 0.25) is 0 Å². The number of aromatic nitrogens is 1. The Morgan fingerprint density at radius 1 is 0.750 bits per heavy atom. The summed E-state index contributed by atoms with van der Waals surface area (Å²) in [7, 11) is 0. The van der Waals surface area contributed by atoms with Crippen LogP contribution in [0.5, 0.6) is 0 Å². The van der Waals surface area contributed by atoms with Crippen molar-refractivity contribution in [3.63, 3.8) is 0 Å². The third-order valence-corrected chi connectivity index (χ3v) is 4.74. The molecule has 0 spiro atoms. The van der Waals surface area contributed by atoms with Crippen molar-refractivity contribution in [1.29, 1.82) is 0 Å². The predicted octanol–water partition coefficient (Wildman–Crippen LogP) is 3.35. The number of hydrogen-bond acceptors (Lipinski definition) is 4. The molecule has 0 aromatic carbocycles. The number of rotatable bonds is 5. The molecule has 4 nitrogen and oxygen atoms in total. The number of hydrogen-bond donors (Lipinski definition) is 0. The Morgan fingerprint density at radius 3 is 1.96 bits per heavy atom. The van der Waals surface area contributed by atoms with Crippen LogP contribution >= 0.6 is 37.2 Å². The molecular weight excluding hydrogens is 367 g/mol. The molecule has 3 rings (SSSR count). The van der Waals surface area contributed by atoms with Crippen LogP contribution in [0.1, 0.15) is 25.7 Å². The SMILES string of the molecule is Cl.Cl.Cl.c1ccc(N2CCN(CCCN3CCCCC3)CC2)nc1. The number of nitrogens with zero attached hydrogens (tertiary/aromatic N) is 4. The lowest BCUT2D eigenvalue weighted by Crippen LogP contribution is -2.47. The molecule has 0 atom stereocenters. The first-order valence-corrected chi connectivity index (χ1v) is 8.52. The van der Waals surface area contributed by atoms with E-state index in [1.165, 1.54) is 65.0 Å². The van der Waals surface area contributed by atoms with Gasteiger partial charge < -0.3 is 9.80 Å². The number of pyridine rings is 1. The molecule has 2 saturated heterocycles. The zero-order valence-electron chi connectivity index (χ0n) is 14.3. The zero-order valence-corrected chi connectivity index (χ0v) is 16.8. The van der Waals surface area contributed by atoms with E-state index < -0.39 is 0 Å². The first-order chi connectivity index (χ1) is 10.4. The molecule has 7 heteroatoms. The molecule has 0 aliphatic carbocycles. The van der Waals surface area contributed by atoms with Gasteiger partial charge in [-0.3, -0.25) is 4.90 Å². The van der Waals surface area contributed by atoms with Gasteiger partial charge in [0.25, 0.3) is 0 Å². The van der Waals surface area contributed by atoms with Crippen molar-refractivity contribution in [2.45, 2.75) is 25.7 Å². The van der Waals surface area contributed by atoms with Crippen molar-refractivity contribution < 1.29 is 0 Å². The molecule has 2 aliphatic rings. The molecular formula is C17H31Cl3N4. The van der Waals surface area contributed by atoms with Gasteiger partial charge >= 0.3 is 0 Å². The highest BCUT2D eigenvalue weighted by molar-refractivity contribution is 5.86. The third-order valence-electron chi connectivity index (χ3n) is 4.74. The van der Waals surface area contributed by atoms with Crippen LogP contribution in [-0.2, 0) is 0 Å². The minimum absolute atomic E-state index is 0. The van der Waals surface area contributed by atoms with Crippen molar-refractivity contribution in [2.24, 2.45) is 0 Å². The smallest absolute Gasteiger partial charge is 0.128 e. The van der Waals surface area contributed by atoms with Gasteiger partial charge in [-0.2, -0.15) is 0 Å². The predicted molar refractivity (Wildman–Crippen MR) is 110 cm³/mol. The van der Waals surface area contributed by atoms with Gasteiger partial charge in [-0.05, 0) is 57.6 Å². The molecule has 0 amide bonds. The van der Waals surface area contributed by atoms with Crippen molar-refractivity contribution >= 4 is 43.0 Å². The molecule has 2 aliphatic heterocycles. The van der Waals surface area contributed by atoms with Crippen LogP contribution < -0.4 is 4.90 Å². The second-order valence-electron chi connectivity index (χ2n) is 6.27. The van der Waals surface area contributed by atoms with E-state index in [2.05, 4.69) is 31.8 Å². The molecule has 3 heterocycles. The summed E-state index contributed by atoms with van der Waals surface area (Å²) < 4.78 is 0. The Hall–Kier alpha value is -0.260. The van der Waals surface area contributed by atoms with Crippen LogP contribution in [0, 0.1) is 0 Å². The highest BCUT2D eigenvalue weighted by atomic mass is 35.5. The molecule has 24 heavy (non-hydrogen) atoms. The van der Waals surface area contributed by atoms with E-state index in [9.17, 15) is 0 Å². The molecule has 0 unspecified atom stereocenters. The van der Waals surface area contributed by atoms with Gasteiger partial charge in [0.1, 0.15) is 5.82 Å². The molecule has 1 aromatic heterocycles. The van der Waals surface area contributed by atoms with Gasteiger partial charge in [0, 0.05) is 32.4 Å². The molecule has 2 fully saturated rings. The monoisotopic (exact) mass is 396 g/mol. The number of piperazine rings is 1. The van der Waals surface area contributed by atoms with Crippen LogP contribution in [0.4, 0.5) is 5.82 Å². The van der Waals surface area contributed by atoms with Gasteiger partial charge in [0.15, 0.2) is 0 Å². The fourth-order valence-electron chi connectivity index (χ4n) is 3.44. The normalized spacial score (nSPS) is 18.9. The van der Waals surface area contributed by atoms with E-state index >= 15 is 0 Å². The van der Waals surface area contributed by atoms with Gasteiger partial charge in [0.05, 0.1) is 0 Å². The van der Waals surface area contributed by atoms with Gasteiger partial charge in [-0.15, -0.1) is 37.2 Å². The highest BCUT2D eigenvalue weighted by Gasteiger charge is 2.17. The third kappa shape index (κ3) is 7.32. The molecule has 0 N–H and O–H groups in total. The molecule has 0 saturated carbocycles. The summed E-state index contributed by atoms with van der Waals surface area (Å²) >= 11 is 0. The zero-order chi connectivity index (χ0) is 14.3. The van der Waals surface area contributed by atoms with Crippen LogP contribution in [0.25, 0.3) is 0 Å². The van der Waals surface area contributed by atoms with Crippen LogP contribution in [0.3, 0.4) is 0 Å². The highest BCUT2D eigenvalue weighted by Crippen LogP contribution is 2.13. The van der Waals surface area contributed by atoms with Crippen molar-refractivity contribution in [3.05, 3.63) is 24.4 Å². The summed E-state index contributed by atoms with van der Waals surface area (Å²) in [6, 6.07) is 6.18. The minimum Gasteiger partial charge on any atom is -0.354 e. The number of halogens is 3. The number of piperidine rings is 1. The largest absolute Gasteiger partial charge is 0.354 e. The van der Waals surface area contributed by atoms with E-state index in [0.29, 0.717) is 0 Å². The van der Waals surface area contributed by atoms with E-state index in [-0.39, 0.29) is 37.2 Å². The van der Waals surface area contributed by atoms with Crippen LogP contribution in [0.2, 0.25) is 0 Å².